The van der Waals surface area contributed by atoms with Crippen molar-refractivity contribution in [1.82, 2.24) is 10.6 Å². The summed E-state index contributed by atoms with van der Waals surface area (Å²) in [6.45, 7) is 4.18. The first kappa shape index (κ1) is 20.4. The van der Waals surface area contributed by atoms with E-state index in [4.69, 9.17) is 16.9 Å². The number of amides is 1. The summed E-state index contributed by atoms with van der Waals surface area (Å²) in [4.78, 5) is 12.7. The third kappa shape index (κ3) is 4.92. The summed E-state index contributed by atoms with van der Waals surface area (Å²) >= 11 is 6.01. The first-order valence-electron chi connectivity index (χ1n) is 9.77. The molecule has 1 heterocycles. The Bertz CT molecular complexity index is 847. The molecule has 0 aromatic heterocycles. The van der Waals surface area contributed by atoms with E-state index in [1.165, 1.54) is 5.56 Å². The minimum atomic E-state index is -0.258. The Labute approximate surface area is 171 Å². The van der Waals surface area contributed by atoms with E-state index in [9.17, 15) is 4.79 Å². The Morgan fingerprint density at radius 3 is 2.54 bits per heavy atom. The predicted molar refractivity (Wildman–Crippen MR) is 112 cm³/mol. The van der Waals surface area contributed by atoms with Crippen molar-refractivity contribution in [3.05, 3.63) is 70.2 Å². The van der Waals surface area contributed by atoms with Gasteiger partial charge in [0.15, 0.2) is 0 Å². The second kappa shape index (κ2) is 9.23. The van der Waals surface area contributed by atoms with Gasteiger partial charge in [-0.05, 0) is 60.6 Å². The fourth-order valence-electron chi connectivity index (χ4n) is 3.69. The van der Waals surface area contributed by atoms with Crippen molar-refractivity contribution < 1.29 is 4.79 Å². The molecule has 2 aromatic rings. The van der Waals surface area contributed by atoms with E-state index < -0.39 is 0 Å². The number of hydrogen-bond donors (Lipinski definition) is 2. The van der Waals surface area contributed by atoms with Gasteiger partial charge in [-0.3, -0.25) is 4.79 Å². The van der Waals surface area contributed by atoms with Crippen molar-refractivity contribution in [3.8, 4) is 6.07 Å². The highest BCUT2D eigenvalue weighted by Crippen LogP contribution is 2.27. The van der Waals surface area contributed by atoms with Crippen LogP contribution in [0.3, 0.4) is 0 Å². The first-order chi connectivity index (χ1) is 13.5. The molecule has 1 saturated heterocycles. The summed E-state index contributed by atoms with van der Waals surface area (Å²) in [6, 6.07) is 17.8. The Morgan fingerprint density at radius 1 is 1.21 bits per heavy atom. The minimum Gasteiger partial charge on any atom is -0.355 e. The molecule has 2 N–H and O–H groups in total. The molecule has 0 bridgehead atoms. The topological polar surface area (TPSA) is 64.9 Å². The van der Waals surface area contributed by atoms with Gasteiger partial charge in [-0.25, -0.2) is 0 Å². The quantitative estimate of drug-likeness (QED) is 0.715. The molecule has 28 heavy (non-hydrogen) atoms. The average Bonchev–Trinajstić information content (AvgIpc) is 2.67. The third-order valence-electron chi connectivity index (χ3n) is 5.65. The fourth-order valence-corrected chi connectivity index (χ4v) is 3.82. The smallest absolute Gasteiger partial charge is 0.228 e. The van der Waals surface area contributed by atoms with Gasteiger partial charge >= 0.3 is 0 Å². The molecule has 1 aliphatic heterocycles. The van der Waals surface area contributed by atoms with Gasteiger partial charge in [-0.2, -0.15) is 5.26 Å². The number of rotatable bonds is 8. The van der Waals surface area contributed by atoms with Gasteiger partial charge in [-0.1, -0.05) is 42.8 Å². The lowest BCUT2D eigenvalue weighted by atomic mass is 9.78. The summed E-state index contributed by atoms with van der Waals surface area (Å²) in [5.74, 6) is 0.377. The van der Waals surface area contributed by atoms with E-state index in [1.807, 2.05) is 48.5 Å². The number of nitrogens with one attached hydrogen (secondary N) is 2. The molecule has 0 saturated carbocycles. The summed E-state index contributed by atoms with van der Waals surface area (Å²) in [7, 11) is 0. The van der Waals surface area contributed by atoms with Crippen molar-refractivity contribution in [2.45, 2.75) is 26.2 Å². The molecule has 1 atom stereocenters. The lowest BCUT2D eigenvalue weighted by Crippen LogP contribution is -2.61. The summed E-state index contributed by atoms with van der Waals surface area (Å²) in [5, 5.41) is 16.3. The number of halogens is 1. The van der Waals surface area contributed by atoms with Gasteiger partial charge in [-0.15, -0.1) is 0 Å². The second-order valence-electron chi connectivity index (χ2n) is 7.66. The number of carbonyl (C=O) groups is 1. The van der Waals surface area contributed by atoms with Crippen LogP contribution in [-0.4, -0.2) is 25.5 Å². The van der Waals surface area contributed by atoms with Crippen LogP contribution in [0.2, 0.25) is 5.02 Å². The van der Waals surface area contributed by atoms with Gasteiger partial charge in [0, 0.05) is 24.7 Å². The molecule has 2 aromatic carbocycles. The lowest BCUT2D eigenvalue weighted by Gasteiger charge is -2.40. The van der Waals surface area contributed by atoms with E-state index in [0.29, 0.717) is 12.1 Å². The molecule has 1 fully saturated rings. The molecule has 146 valence electrons. The van der Waals surface area contributed by atoms with Gasteiger partial charge < -0.3 is 10.6 Å². The van der Waals surface area contributed by atoms with Gasteiger partial charge in [0.05, 0.1) is 17.0 Å². The van der Waals surface area contributed by atoms with Crippen molar-refractivity contribution in [1.29, 1.82) is 5.26 Å². The van der Waals surface area contributed by atoms with E-state index >= 15 is 0 Å². The van der Waals surface area contributed by atoms with Crippen LogP contribution in [0.15, 0.2) is 48.5 Å². The molecular formula is C23H26ClN3O. The molecule has 1 unspecified atom stereocenters. The standard InChI is InChI=1S/C23H26ClN3O/c1-2-23(15-26-16-23)22(28)27-14-20(10-17-6-8-21(24)9-7-17)12-18-4-3-5-19(11-18)13-25/h3-9,11,20,26H,2,10,12,14-16H2,1H3,(H,27,28). The van der Waals surface area contributed by atoms with Gasteiger partial charge in [0.25, 0.3) is 0 Å². The summed E-state index contributed by atoms with van der Waals surface area (Å²) < 4.78 is 0. The van der Waals surface area contributed by atoms with Crippen LogP contribution in [0, 0.1) is 22.7 Å². The highest BCUT2D eigenvalue weighted by atomic mass is 35.5. The number of nitrogens with zero attached hydrogens (tertiary/aromatic N) is 1. The van der Waals surface area contributed by atoms with Crippen LogP contribution >= 0.6 is 11.6 Å². The van der Waals surface area contributed by atoms with Crippen molar-refractivity contribution in [3.63, 3.8) is 0 Å². The van der Waals surface area contributed by atoms with Crippen LogP contribution in [0.4, 0.5) is 0 Å². The average molecular weight is 396 g/mol. The second-order valence-corrected chi connectivity index (χ2v) is 8.10. The maximum atomic E-state index is 12.7. The Hall–Kier alpha value is -2.35. The van der Waals surface area contributed by atoms with Crippen LogP contribution in [0.25, 0.3) is 0 Å². The highest BCUT2D eigenvalue weighted by Gasteiger charge is 2.42. The normalized spacial score (nSPS) is 15.9. The largest absolute Gasteiger partial charge is 0.355 e. The zero-order valence-corrected chi connectivity index (χ0v) is 16.9. The number of hydrogen-bond acceptors (Lipinski definition) is 3. The molecule has 3 rings (SSSR count). The Balaban J connectivity index is 1.70. The molecule has 0 aliphatic carbocycles. The zero-order valence-electron chi connectivity index (χ0n) is 16.2. The number of benzene rings is 2. The minimum absolute atomic E-state index is 0.139. The van der Waals surface area contributed by atoms with Crippen LogP contribution in [0.5, 0.6) is 0 Å². The van der Waals surface area contributed by atoms with Gasteiger partial charge in [0.2, 0.25) is 5.91 Å². The summed E-state index contributed by atoms with van der Waals surface area (Å²) in [6.07, 6.45) is 2.49. The molecule has 4 nitrogen and oxygen atoms in total. The molecule has 5 heteroatoms. The van der Waals surface area contributed by atoms with Crippen molar-refractivity contribution in [2.24, 2.45) is 11.3 Å². The van der Waals surface area contributed by atoms with E-state index in [2.05, 4.69) is 23.6 Å². The van der Waals surface area contributed by atoms with Crippen molar-refractivity contribution >= 4 is 17.5 Å². The van der Waals surface area contributed by atoms with Crippen LogP contribution in [0.1, 0.15) is 30.0 Å². The van der Waals surface area contributed by atoms with Gasteiger partial charge in [0.1, 0.15) is 0 Å². The maximum absolute atomic E-state index is 12.7. The van der Waals surface area contributed by atoms with Crippen molar-refractivity contribution in [2.75, 3.05) is 19.6 Å². The number of nitriles is 1. The monoisotopic (exact) mass is 395 g/mol. The highest BCUT2D eigenvalue weighted by molar-refractivity contribution is 6.30. The Morgan fingerprint density at radius 2 is 1.93 bits per heavy atom. The van der Waals surface area contributed by atoms with E-state index in [-0.39, 0.29) is 17.2 Å². The molecule has 1 amide bonds. The maximum Gasteiger partial charge on any atom is 0.228 e. The summed E-state index contributed by atoms with van der Waals surface area (Å²) in [5.41, 5.74) is 2.71. The third-order valence-corrected chi connectivity index (χ3v) is 5.91. The molecule has 0 spiro atoms. The molecule has 1 aliphatic rings. The predicted octanol–water partition coefficient (Wildman–Crippen LogP) is 3.73. The lowest BCUT2D eigenvalue weighted by molar-refractivity contribution is -0.134. The molecular weight excluding hydrogens is 370 g/mol. The van der Waals surface area contributed by atoms with Crippen LogP contribution < -0.4 is 10.6 Å². The fraction of sp³-hybridized carbons (Fsp3) is 0.391. The number of carbonyl (C=O) groups excluding carboxylic acids is 1. The SMILES string of the molecule is CCC1(C(=O)NCC(Cc2ccc(Cl)cc2)Cc2cccc(C#N)c2)CNC1. The Kier molecular flexibility index (Phi) is 6.72. The molecule has 0 radical (unpaired) electrons. The van der Waals surface area contributed by atoms with E-state index in [1.54, 1.807) is 0 Å². The van der Waals surface area contributed by atoms with Crippen LogP contribution in [-0.2, 0) is 17.6 Å². The zero-order chi connectivity index (χ0) is 20.0. The van der Waals surface area contributed by atoms with E-state index in [0.717, 1.165) is 42.9 Å². The first-order valence-corrected chi connectivity index (χ1v) is 10.1.